The summed E-state index contributed by atoms with van der Waals surface area (Å²) in [6, 6.07) is 12.7. The van der Waals surface area contributed by atoms with Gasteiger partial charge >= 0.3 is 0 Å². The van der Waals surface area contributed by atoms with Gasteiger partial charge in [-0.15, -0.1) is 0 Å². The number of rotatable bonds is 8. The highest BCUT2D eigenvalue weighted by Crippen LogP contribution is 2.27. The summed E-state index contributed by atoms with van der Waals surface area (Å²) in [7, 11) is -3.67. The highest BCUT2D eigenvalue weighted by molar-refractivity contribution is 7.89. The van der Waals surface area contributed by atoms with Crippen LogP contribution in [0.3, 0.4) is 0 Å². The summed E-state index contributed by atoms with van der Waals surface area (Å²) in [6.45, 7) is 5.53. The molecule has 0 aromatic heterocycles. The van der Waals surface area contributed by atoms with E-state index in [1.807, 2.05) is 12.1 Å². The maximum Gasteiger partial charge on any atom is 0.240 e. The van der Waals surface area contributed by atoms with Crippen LogP contribution in [0.4, 0.5) is 0 Å². The molecule has 160 valence electrons. The molecule has 6 nitrogen and oxygen atoms in total. The van der Waals surface area contributed by atoms with Gasteiger partial charge in [0.1, 0.15) is 5.75 Å². The lowest BCUT2D eigenvalue weighted by molar-refractivity contribution is 0.101. The normalized spacial score (nSPS) is 19.7. The van der Waals surface area contributed by atoms with Crippen molar-refractivity contribution < 1.29 is 17.9 Å². The molecule has 0 spiro atoms. The Morgan fingerprint density at radius 1 is 1.13 bits per heavy atom. The summed E-state index contributed by atoms with van der Waals surface area (Å²) >= 11 is 0. The van der Waals surface area contributed by atoms with E-state index in [-0.39, 0.29) is 16.7 Å². The van der Waals surface area contributed by atoms with Crippen molar-refractivity contribution in [2.75, 3.05) is 13.1 Å². The van der Waals surface area contributed by atoms with Gasteiger partial charge in [-0.25, -0.2) is 13.1 Å². The van der Waals surface area contributed by atoms with Gasteiger partial charge in [-0.2, -0.15) is 0 Å². The number of likely N-dealkylation sites (tertiary alicyclic amines) is 1. The van der Waals surface area contributed by atoms with Crippen molar-refractivity contribution in [2.24, 2.45) is 0 Å². The molecule has 1 saturated carbocycles. The summed E-state index contributed by atoms with van der Waals surface area (Å²) < 4.78 is 34.2. The van der Waals surface area contributed by atoms with Crippen molar-refractivity contribution in [3.63, 3.8) is 0 Å². The number of hydrogen-bond acceptors (Lipinski definition) is 5. The molecule has 2 aliphatic rings. The molecule has 1 atom stereocenters. The number of sulfonamides is 1. The standard InChI is InChI=1S/C23H28N2O4S/c1-16-3-10-22(13-23(16)17(2)26)30(27,28)24-19-11-12-25(15-19)14-18-4-6-20(7-5-18)29-21-8-9-21/h3-7,10,13,19,21,24H,8-9,11-12,14-15H2,1-2H3/t19-/m1/s1. The fourth-order valence-corrected chi connectivity index (χ4v) is 5.10. The fourth-order valence-electron chi connectivity index (χ4n) is 3.82. The van der Waals surface area contributed by atoms with E-state index in [4.69, 9.17) is 4.74 Å². The summed E-state index contributed by atoms with van der Waals surface area (Å²) in [5.41, 5.74) is 2.41. The van der Waals surface area contributed by atoms with Crippen LogP contribution < -0.4 is 9.46 Å². The maximum absolute atomic E-state index is 12.8. The molecule has 1 N–H and O–H groups in total. The third kappa shape index (κ3) is 5.09. The fraction of sp³-hybridized carbons (Fsp3) is 0.435. The zero-order chi connectivity index (χ0) is 21.3. The van der Waals surface area contributed by atoms with E-state index in [2.05, 4.69) is 21.8 Å². The van der Waals surface area contributed by atoms with Gasteiger partial charge in [-0.3, -0.25) is 9.69 Å². The second-order valence-electron chi connectivity index (χ2n) is 8.34. The van der Waals surface area contributed by atoms with E-state index in [0.717, 1.165) is 43.7 Å². The Bertz CT molecular complexity index is 1030. The minimum absolute atomic E-state index is 0.134. The molecule has 2 aromatic carbocycles. The minimum Gasteiger partial charge on any atom is -0.490 e. The average molecular weight is 429 g/mol. The molecule has 2 fully saturated rings. The smallest absolute Gasteiger partial charge is 0.240 e. The quantitative estimate of drug-likeness (QED) is 0.653. The first-order chi connectivity index (χ1) is 14.3. The largest absolute Gasteiger partial charge is 0.490 e. The first kappa shape index (κ1) is 21.0. The Labute approximate surface area is 178 Å². The Hall–Kier alpha value is -2.22. The van der Waals surface area contributed by atoms with Crippen LogP contribution in [-0.4, -0.2) is 44.3 Å². The molecule has 1 saturated heterocycles. The molecular formula is C23H28N2O4S. The number of hydrogen-bond donors (Lipinski definition) is 1. The number of ether oxygens (including phenoxy) is 1. The SMILES string of the molecule is CC(=O)c1cc(S(=O)(=O)N[C@@H]2CCN(Cc3ccc(OC4CC4)cc3)C2)ccc1C. The van der Waals surface area contributed by atoms with Crippen LogP contribution in [0.5, 0.6) is 5.75 Å². The average Bonchev–Trinajstić information content (AvgIpc) is 3.41. The van der Waals surface area contributed by atoms with E-state index in [1.54, 1.807) is 19.1 Å². The van der Waals surface area contributed by atoms with Crippen LogP contribution in [-0.2, 0) is 16.6 Å². The van der Waals surface area contributed by atoms with Crippen LogP contribution >= 0.6 is 0 Å². The van der Waals surface area contributed by atoms with Crippen LogP contribution in [0.1, 0.15) is 47.7 Å². The zero-order valence-electron chi connectivity index (χ0n) is 17.4. The first-order valence-electron chi connectivity index (χ1n) is 10.4. The number of nitrogens with one attached hydrogen (secondary N) is 1. The van der Waals surface area contributed by atoms with Crippen LogP contribution in [0, 0.1) is 6.92 Å². The van der Waals surface area contributed by atoms with Crippen molar-refractivity contribution in [3.05, 3.63) is 59.2 Å². The van der Waals surface area contributed by atoms with Crippen molar-refractivity contribution in [3.8, 4) is 5.75 Å². The van der Waals surface area contributed by atoms with Gasteiger partial charge in [-0.05, 0) is 68.5 Å². The number of carbonyl (C=O) groups excluding carboxylic acids is 1. The molecule has 0 amide bonds. The van der Waals surface area contributed by atoms with Gasteiger partial charge in [-0.1, -0.05) is 18.2 Å². The lowest BCUT2D eigenvalue weighted by atomic mass is 10.1. The van der Waals surface area contributed by atoms with Gasteiger partial charge in [0.2, 0.25) is 10.0 Å². The second-order valence-corrected chi connectivity index (χ2v) is 10.1. The van der Waals surface area contributed by atoms with Gasteiger partial charge in [0.15, 0.2) is 5.78 Å². The molecule has 1 aliphatic heterocycles. The third-order valence-corrected chi connectivity index (χ3v) is 7.17. The van der Waals surface area contributed by atoms with Crippen LogP contribution in [0.15, 0.2) is 47.4 Å². The lowest BCUT2D eigenvalue weighted by Gasteiger charge is -2.17. The molecule has 4 rings (SSSR count). The number of Topliss-reactive ketones (excluding diaryl/α,β-unsaturated/α-hetero) is 1. The number of aryl methyl sites for hydroxylation is 1. The monoisotopic (exact) mass is 428 g/mol. The zero-order valence-corrected chi connectivity index (χ0v) is 18.2. The van der Waals surface area contributed by atoms with Crippen molar-refractivity contribution in [1.82, 2.24) is 9.62 Å². The molecule has 7 heteroatoms. The van der Waals surface area contributed by atoms with Crippen molar-refractivity contribution in [1.29, 1.82) is 0 Å². The second kappa shape index (κ2) is 8.49. The third-order valence-electron chi connectivity index (χ3n) is 5.65. The van der Waals surface area contributed by atoms with Gasteiger partial charge in [0.25, 0.3) is 0 Å². The van der Waals surface area contributed by atoms with Gasteiger partial charge in [0, 0.05) is 31.2 Å². The first-order valence-corrected chi connectivity index (χ1v) is 11.9. The molecule has 0 radical (unpaired) electrons. The number of carbonyl (C=O) groups is 1. The number of benzene rings is 2. The summed E-state index contributed by atoms with van der Waals surface area (Å²) in [5, 5.41) is 0. The Kier molecular flexibility index (Phi) is 5.95. The van der Waals surface area contributed by atoms with E-state index < -0.39 is 10.0 Å². The van der Waals surface area contributed by atoms with E-state index >= 15 is 0 Å². The highest BCUT2D eigenvalue weighted by Gasteiger charge is 2.28. The summed E-state index contributed by atoms with van der Waals surface area (Å²) in [6.07, 6.45) is 3.44. The minimum atomic E-state index is -3.67. The molecule has 1 aliphatic carbocycles. The topological polar surface area (TPSA) is 75.7 Å². The van der Waals surface area contributed by atoms with E-state index in [9.17, 15) is 13.2 Å². The van der Waals surface area contributed by atoms with E-state index in [0.29, 0.717) is 18.2 Å². The van der Waals surface area contributed by atoms with Gasteiger partial charge < -0.3 is 4.74 Å². The molecule has 1 heterocycles. The molecule has 0 bridgehead atoms. The van der Waals surface area contributed by atoms with Crippen molar-refractivity contribution >= 4 is 15.8 Å². The Balaban J connectivity index is 1.35. The molecule has 30 heavy (non-hydrogen) atoms. The molecular weight excluding hydrogens is 400 g/mol. The van der Waals surface area contributed by atoms with Crippen molar-refractivity contribution in [2.45, 2.75) is 56.7 Å². The van der Waals surface area contributed by atoms with Crippen LogP contribution in [0.25, 0.3) is 0 Å². The predicted octanol–water partition coefficient (Wildman–Crippen LogP) is 3.29. The summed E-state index contributed by atoms with van der Waals surface area (Å²) in [4.78, 5) is 14.1. The predicted molar refractivity (Wildman–Crippen MR) is 115 cm³/mol. The number of ketones is 1. The lowest BCUT2D eigenvalue weighted by Crippen LogP contribution is -2.37. The summed E-state index contributed by atoms with van der Waals surface area (Å²) in [5.74, 6) is 0.779. The van der Waals surface area contributed by atoms with E-state index in [1.165, 1.54) is 18.6 Å². The Morgan fingerprint density at radius 3 is 2.53 bits per heavy atom. The Morgan fingerprint density at radius 2 is 1.87 bits per heavy atom. The van der Waals surface area contributed by atoms with Gasteiger partial charge in [0.05, 0.1) is 11.0 Å². The molecule has 0 unspecified atom stereocenters. The maximum atomic E-state index is 12.8. The molecule has 2 aromatic rings. The van der Waals surface area contributed by atoms with Crippen LogP contribution in [0.2, 0.25) is 0 Å². The highest BCUT2D eigenvalue weighted by atomic mass is 32.2. The number of nitrogens with zero attached hydrogens (tertiary/aromatic N) is 1.